The molecule has 10 heteroatoms. The van der Waals surface area contributed by atoms with Gasteiger partial charge in [-0.15, -0.1) is 0 Å². The highest BCUT2D eigenvalue weighted by Gasteiger charge is 2.33. The van der Waals surface area contributed by atoms with Crippen LogP contribution in [0.15, 0.2) is 54.6 Å². The molecule has 1 atom stereocenters. The van der Waals surface area contributed by atoms with E-state index in [0.717, 1.165) is 42.8 Å². The average molecular weight is 522 g/mol. The Morgan fingerprint density at radius 1 is 1.14 bits per heavy atom. The molecule has 194 valence electrons. The second kappa shape index (κ2) is 11.9. The third-order valence-electron chi connectivity index (χ3n) is 6.45. The van der Waals surface area contributed by atoms with Crippen molar-refractivity contribution in [2.24, 2.45) is 0 Å². The molecule has 4 N–H and O–H groups in total. The van der Waals surface area contributed by atoms with E-state index in [9.17, 15) is 14.4 Å². The molecular formula is C27H31N5O4S. The Balaban J connectivity index is 1.59. The SMILES string of the molecule is COc1cccc(N(C(=O)c2snc(C(=O)NC3CCCC3)c2N)C(C)C(=O)NCc2ccccc2)c1. The summed E-state index contributed by atoms with van der Waals surface area (Å²) < 4.78 is 9.53. The smallest absolute Gasteiger partial charge is 0.273 e. The summed E-state index contributed by atoms with van der Waals surface area (Å²) in [4.78, 5) is 41.2. The number of methoxy groups -OCH3 is 1. The Morgan fingerprint density at radius 2 is 1.86 bits per heavy atom. The molecule has 1 aliphatic rings. The number of hydrogen-bond donors (Lipinski definition) is 3. The van der Waals surface area contributed by atoms with Gasteiger partial charge in [0.05, 0.1) is 12.8 Å². The lowest BCUT2D eigenvalue weighted by Gasteiger charge is -2.28. The number of nitrogen functional groups attached to an aromatic ring is 1. The first kappa shape index (κ1) is 26.2. The molecule has 1 saturated carbocycles. The van der Waals surface area contributed by atoms with E-state index in [4.69, 9.17) is 10.5 Å². The van der Waals surface area contributed by atoms with Crippen molar-refractivity contribution in [1.82, 2.24) is 15.0 Å². The van der Waals surface area contributed by atoms with Crippen molar-refractivity contribution in [3.63, 3.8) is 0 Å². The van der Waals surface area contributed by atoms with Crippen molar-refractivity contribution in [2.45, 2.75) is 51.2 Å². The van der Waals surface area contributed by atoms with Crippen LogP contribution < -0.4 is 26.0 Å². The zero-order valence-corrected chi connectivity index (χ0v) is 21.7. The number of rotatable bonds is 9. The Kier molecular flexibility index (Phi) is 8.39. The summed E-state index contributed by atoms with van der Waals surface area (Å²) in [6.45, 7) is 1.96. The summed E-state index contributed by atoms with van der Waals surface area (Å²) in [6.07, 6.45) is 3.98. The molecule has 1 fully saturated rings. The molecular weight excluding hydrogens is 490 g/mol. The standard InChI is InChI=1S/C27H31N5O4S/c1-17(25(33)29-16-18-9-4-3-5-10-18)32(20-13-8-14-21(15-20)36-2)27(35)24-22(28)23(31-37-24)26(34)30-19-11-6-7-12-19/h3-5,8-10,13-15,17,19H,6-7,11-12,16,28H2,1-2H3,(H,29,33)(H,30,34). The first-order chi connectivity index (χ1) is 17.9. The van der Waals surface area contributed by atoms with Crippen LogP contribution in [0, 0.1) is 0 Å². The Hall–Kier alpha value is -3.92. The van der Waals surface area contributed by atoms with Gasteiger partial charge in [0.2, 0.25) is 5.91 Å². The number of ether oxygens (including phenoxy) is 1. The number of nitrogens with two attached hydrogens (primary N) is 1. The molecule has 1 aliphatic carbocycles. The van der Waals surface area contributed by atoms with E-state index >= 15 is 0 Å². The fourth-order valence-electron chi connectivity index (χ4n) is 4.38. The van der Waals surface area contributed by atoms with Gasteiger partial charge in [-0.3, -0.25) is 19.3 Å². The maximum Gasteiger partial charge on any atom is 0.273 e. The zero-order valence-electron chi connectivity index (χ0n) is 20.9. The minimum absolute atomic E-state index is 0.00952. The summed E-state index contributed by atoms with van der Waals surface area (Å²) in [7, 11) is 1.53. The van der Waals surface area contributed by atoms with Crippen molar-refractivity contribution in [3.8, 4) is 5.75 Å². The van der Waals surface area contributed by atoms with Crippen LogP contribution in [-0.4, -0.2) is 41.3 Å². The summed E-state index contributed by atoms with van der Waals surface area (Å²) >= 11 is 0.853. The van der Waals surface area contributed by atoms with Gasteiger partial charge < -0.3 is 21.1 Å². The number of amides is 3. The van der Waals surface area contributed by atoms with Crippen LogP contribution in [0.1, 0.15) is 58.3 Å². The van der Waals surface area contributed by atoms with E-state index in [0.29, 0.717) is 18.0 Å². The molecule has 1 heterocycles. The Labute approximate surface area is 220 Å². The fraction of sp³-hybridized carbons (Fsp3) is 0.333. The molecule has 1 aromatic heterocycles. The highest BCUT2D eigenvalue weighted by Crippen LogP contribution is 2.30. The van der Waals surface area contributed by atoms with Gasteiger partial charge in [-0.1, -0.05) is 49.2 Å². The fourth-order valence-corrected chi connectivity index (χ4v) is 5.11. The molecule has 0 saturated heterocycles. The monoisotopic (exact) mass is 521 g/mol. The topological polar surface area (TPSA) is 127 Å². The number of aromatic nitrogens is 1. The average Bonchev–Trinajstić information content (AvgIpc) is 3.57. The van der Waals surface area contributed by atoms with Crippen LogP contribution in [-0.2, 0) is 11.3 Å². The molecule has 3 aromatic rings. The minimum atomic E-state index is -0.888. The van der Waals surface area contributed by atoms with Crippen molar-refractivity contribution in [3.05, 3.63) is 70.7 Å². The normalized spacial score (nSPS) is 14.1. The van der Waals surface area contributed by atoms with Crippen LogP contribution in [0.2, 0.25) is 0 Å². The van der Waals surface area contributed by atoms with Crippen molar-refractivity contribution in [1.29, 1.82) is 0 Å². The molecule has 0 spiro atoms. The zero-order chi connectivity index (χ0) is 26.4. The van der Waals surface area contributed by atoms with Crippen LogP contribution in [0.4, 0.5) is 11.4 Å². The maximum absolute atomic E-state index is 13.8. The lowest BCUT2D eigenvalue weighted by atomic mass is 10.1. The highest BCUT2D eigenvalue weighted by molar-refractivity contribution is 7.09. The number of hydrogen-bond acceptors (Lipinski definition) is 7. The molecule has 0 bridgehead atoms. The summed E-state index contributed by atoms with van der Waals surface area (Å²) in [5.41, 5.74) is 7.71. The van der Waals surface area contributed by atoms with E-state index < -0.39 is 11.9 Å². The lowest BCUT2D eigenvalue weighted by Crippen LogP contribution is -2.48. The second-order valence-electron chi connectivity index (χ2n) is 8.98. The lowest BCUT2D eigenvalue weighted by molar-refractivity contribution is -0.122. The van der Waals surface area contributed by atoms with Crippen molar-refractivity contribution in [2.75, 3.05) is 17.7 Å². The van der Waals surface area contributed by atoms with Gasteiger partial charge in [0.25, 0.3) is 11.8 Å². The molecule has 37 heavy (non-hydrogen) atoms. The number of nitrogens with one attached hydrogen (secondary N) is 2. The quantitative estimate of drug-likeness (QED) is 0.394. The largest absolute Gasteiger partial charge is 0.497 e. The van der Waals surface area contributed by atoms with Crippen LogP contribution in [0.3, 0.4) is 0 Å². The molecule has 0 radical (unpaired) electrons. The van der Waals surface area contributed by atoms with Gasteiger partial charge in [0.15, 0.2) is 5.69 Å². The van der Waals surface area contributed by atoms with Gasteiger partial charge in [0, 0.05) is 24.3 Å². The predicted octanol–water partition coefficient (Wildman–Crippen LogP) is 3.76. The van der Waals surface area contributed by atoms with Gasteiger partial charge in [0.1, 0.15) is 16.7 Å². The number of nitrogens with zero attached hydrogens (tertiary/aromatic N) is 2. The molecule has 4 rings (SSSR count). The number of carbonyl (C=O) groups excluding carboxylic acids is 3. The molecule has 3 amide bonds. The molecule has 9 nitrogen and oxygen atoms in total. The Bertz CT molecular complexity index is 1260. The van der Waals surface area contributed by atoms with E-state index in [1.54, 1.807) is 31.2 Å². The Morgan fingerprint density at radius 3 is 2.57 bits per heavy atom. The van der Waals surface area contributed by atoms with Crippen molar-refractivity contribution >= 4 is 40.6 Å². The molecule has 2 aromatic carbocycles. The highest BCUT2D eigenvalue weighted by atomic mass is 32.1. The van der Waals surface area contributed by atoms with Crippen LogP contribution in [0.5, 0.6) is 5.75 Å². The number of benzene rings is 2. The van der Waals surface area contributed by atoms with Gasteiger partial charge in [-0.2, -0.15) is 4.37 Å². The van der Waals surface area contributed by atoms with Gasteiger partial charge >= 0.3 is 0 Å². The van der Waals surface area contributed by atoms with E-state index in [1.807, 2.05) is 30.3 Å². The third-order valence-corrected chi connectivity index (χ3v) is 7.31. The van der Waals surface area contributed by atoms with E-state index in [-0.39, 0.29) is 34.1 Å². The second-order valence-corrected chi connectivity index (χ2v) is 9.76. The maximum atomic E-state index is 13.8. The van der Waals surface area contributed by atoms with Crippen LogP contribution >= 0.6 is 11.5 Å². The van der Waals surface area contributed by atoms with Gasteiger partial charge in [-0.05, 0) is 49.0 Å². The number of anilines is 2. The number of carbonyl (C=O) groups is 3. The minimum Gasteiger partial charge on any atom is -0.497 e. The first-order valence-electron chi connectivity index (χ1n) is 12.2. The first-order valence-corrected chi connectivity index (χ1v) is 13.0. The molecule has 0 aliphatic heterocycles. The van der Waals surface area contributed by atoms with Gasteiger partial charge in [-0.25, -0.2) is 0 Å². The summed E-state index contributed by atoms with van der Waals surface area (Å²) in [5.74, 6) is -0.727. The summed E-state index contributed by atoms with van der Waals surface area (Å²) in [6, 6.07) is 15.6. The third kappa shape index (κ3) is 6.08. The van der Waals surface area contributed by atoms with E-state index in [2.05, 4.69) is 15.0 Å². The summed E-state index contributed by atoms with van der Waals surface area (Å²) in [5, 5.41) is 5.85. The van der Waals surface area contributed by atoms with E-state index in [1.165, 1.54) is 12.0 Å². The predicted molar refractivity (Wildman–Crippen MR) is 144 cm³/mol. The molecule has 1 unspecified atom stereocenters. The van der Waals surface area contributed by atoms with Crippen LogP contribution in [0.25, 0.3) is 0 Å². The van der Waals surface area contributed by atoms with Crippen molar-refractivity contribution < 1.29 is 19.1 Å².